The molecule has 1 fully saturated rings. The van der Waals surface area contributed by atoms with Gasteiger partial charge in [-0.05, 0) is 25.8 Å². The summed E-state index contributed by atoms with van der Waals surface area (Å²) < 4.78 is 0. The normalized spacial score (nSPS) is 16.2. The minimum Gasteiger partial charge on any atom is -0.315 e. The SMILES string of the molecule is CC(C)NCCCc1nnc(C2CC2)s1. The predicted molar refractivity (Wildman–Crippen MR) is 63.3 cm³/mol. The molecule has 1 aromatic rings. The number of nitrogens with one attached hydrogen (secondary N) is 1. The third-order valence-electron chi connectivity index (χ3n) is 2.53. The topological polar surface area (TPSA) is 37.8 Å². The summed E-state index contributed by atoms with van der Waals surface area (Å²) in [7, 11) is 0. The van der Waals surface area contributed by atoms with E-state index in [1.54, 1.807) is 0 Å². The number of nitrogens with zero attached hydrogens (tertiary/aromatic N) is 2. The van der Waals surface area contributed by atoms with Crippen LogP contribution in [0.25, 0.3) is 0 Å². The van der Waals surface area contributed by atoms with Gasteiger partial charge in [-0.15, -0.1) is 21.5 Å². The van der Waals surface area contributed by atoms with Gasteiger partial charge in [-0.1, -0.05) is 13.8 Å². The van der Waals surface area contributed by atoms with Crippen molar-refractivity contribution in [3.63, 3.8) is 0 Å². The molecule has 3 nitrogen and oxygen atoms in total. The van der Waals surface area contributed by atoms with E-state index < -0.39 is 0 Å². The monoisotopic (exact) mass is 225 g/mol. The van der Waals surface area contributed by atoms with Gasteiger partial charge in [0.25, 0.3) is 0 Å². The quantitative estimate of drug-likeness (QED) is 0.755. The number of hydrogen-bond donors (Lipinski definition) is 1. The summed E-state index contributed by atoms with van der Waals surface area (Å²) in [5.41, 5.74) is 0. The fraction of sp³-hybridized carbons (Fsp3) is 0.818. The average Bonchev–Trinajstić information content (AvgIpc) is 2.94. The summed E-state index contributed by atoms with van der Waals surface area (Å²) in [5.74, 6) is 0.755. The van der Waals surface area contributed by atoms with Crippen LogP contribution in [-0.2, 0) is 6.42 Å². The molecule has 1 aliphatic carbocycles. The van der Waals surface area contributed by atoms with E-state index in [1.807, 2.05) is 11.3 Å². The Morgan fingerprint density at radius 1 is 1.40 bits per heavy atom. The number of aryl methyl sites for hydroxylation is 1. The van der Waals surface area contributed by atoms with Crippen molar-refractivity contribution < 1.29 is 0 Å². The van der Waals surface area contributed by atoms with E-state index in [2.05, 4.69) is 29.4 Å². The molecule has 0 radical (unpaired) electrons. The Bertz CT molecular complexity index is 305. The molecule has 0 unspecified atom stereocenters. The molecule has 1 saturated carbocycles. The molecule has 15 heavy (non-hydrogen) atoms. The van der Waals surface area contributed by atoms with Gasteiger partial charge in [0.05, 0.1) is 0 Å². The van der Waals surface area contributed by atoms with Crippen LogP contribution in [0.5, 0.6) is 0 Å². The van der Waals surface area contributed by atoms with Gasteiger partial charge in [0.15, 0.2) is 0 Å². The molecule has 1 aromatic heterocycles. The van der Waals surface area contributed by atoms with E-state index in [1.165, 1.54) is 22.9 Å². The molecule has 4 heteroatoms. The molecule has 84 valence electrons. The zero-order valence-electron chi connectivity index (χ0n) is 9.49. The predicted octanol–water partition coefficient (Wildman–Crippen LogP) is 2.35. The van der Waals surface area contributed by atoms with E-state index >= 15 is 0 Å². The van der Waals surface area contributed by atoms with Crippen LogP contribution in [0.15, 0.2) is 0 Å². The highest BCUT2D eigenvalue weighted by Gasteiger charge is 2.27. The van der Waals surface area contributed by atoms with Crippen LogP contribution >= 0.6 is 11.3 Å². The Hall–Kier alpha value is -0.480. The van der Waals surface area contributed by atoms with E-state index in [4.69, 9.17) is 0 Å². The lowest BCUT2D eigenvalue weighted by Gasteiger charge is -2.05. The molecular formula is C11H19N3S. The first-order chi connectivity index (χ1) is 7.25. The fourth-order valence-electron chi connectivity index (χ4n) is 1.49. The van der Waals surface area contributed by atoms with Crippen molar-refractivity contribution in [2.75, 3.05) is 6.54 Å². The van der Waals surface area contributed by atoms with Gasteiger partial charge in [0.1, 0.15) is 10.0 Å². The summed E-state index contributed by atoms with van der Waals surface area (Å²) in [6.45, 7) is 5.43. The highest BCUT2D eigenvalue weighted by molar-refractivity contribution is 7.11. The molecule has 1 N–H and O–H groups in total. The van der Waals surface area contributed by atoms with Crippen molar-refractivity contribution in [1.29, 1.82) is 0 Å². The minimum atomic E-state index is 0.585. The van der Waals surface area contributed by atoms with Crippen LogP contribution in [0, 0.1) is 0 Å². The second kappa shape index (κ2) is 5.03. The third-order valence-corrected chi connectivity index (χ3v) is 3.67. The molecule has 0 bridgehead atoms. The van der Waals surface area contributed by atoms with E-state index in [0.29, 0.717) is 6.04 Å². The molecule has 1 heterocycles. The maximum absolute atomic E-state index is 4.24. The van der Waals surface area contributed by atoms with Gasteiger partial charge in [-0.2, -0.15) is 0 Å². The minimum absolute atomic E-state index is 0.585. The van der Waals surface area contributed by atoms with Crippen molar-refractivity contribution >= 4 is 11.3 Å². The Morgan fingerprint density at radius 2 is 2.20 bits per heavy atom. The lowest BCUT2D eigenvalue weighted by Crippen LogP contribution is -2.23. The zero-order valence-corrected chi connectivity index (χ0v) is 10.3. The molecule has 2 rings (SSSR count). The highest BCUT2D eigenvalue weighted by Crippen LogP contribution is 2.41. The Balaban J connectivity index is 1.69. The second-order valence-corrected chi connectivity index (χ2v) is 5.61. The highest BCUT2D eigenvalue weighted by atomic mass is 32.1. The number of aromatic nitrogens is 2. The Labute approximate surface area is 95.3 Å². The zero-order chi connectivity index (χ0) is 10.7. The van der Waals surface area contributed by atoms with Crippen LogP contribution in [0.4, 0.5) is 0 Å². The lowest BCUT2D eigenvalue weighted by atomic mass is 10.3. The van der Waals surface area contributed by atoms with Gasteiger partial charge in [-0.3, -0.25) is 0 Å². The summed E-state index contributed by atoms with van der Waals surface area (Å²) in [4.78, 5) is 0. The van der Waals surface area contributed by atoms with Crippen LogP contribution in [0.3, 0.4) is 0 Å². The van der Waals surface area contributed by atoms with Crippen molar-refractivity contribution in [2.24, 2.45) is 0 Å². The molecule has 0 atom stereocenters. The van der Waals surface area contributed by atoms with Gasteiger partial charge in [0.2, 0.25) is 0 Å². The average molecular weight is 225 g/mol. The number of rotatable bonds is 6. The van der Waals surface area contributed by atoms with Gasteiger partial charge >= 0.3 is 0 Å². The van der Waals surface area contributed by atoms with Crippen LogP contribution in [-0.4, -0.2) is 22.8 Å². The fourth-order valence-corrected chi connectivity index (χ4v) is 2.55. The Morgan fingerprint density at radius 3 is 2.87 bits per heavy atom. The largest absolute Gasteiger partial charge is 0.315 e. The Kier molecular flexibility index (Phi) is 3.70. The van der Waals surface area contributed by atoms with E-state index in [0.717, 1.165) is 25.3 Å². The maximum atomic E-state index is 4.24. The molecular weight excluding hydrogens is 206 g/mol. The lowest BCUT2D eigenvalue weighted by molar-refractivity contribution is 0.569. The maximum Gasteiger partial charge on any atom is 0.120 e. The van der Waals surface area contributed by atoms with Crippen LogP contribution in [0.1, 0.15) is 49.0 Å². The standard InChI is InChI=1S/C11H19N3S/c1-8(2)12-7-3-4-10-13-14-11(15-10)9-5-6-9/h8-9,12H,3-7H2,1-2H3. The molecule has 0 saturated heterocycles. The first-order valence-corrected chi connectivity index (χ1v) is 6.63. The first kappa shape index (κ1) is 11.0. The van der Waals surface area contributed by atoms with E-state index in [-0.39, 0.29) is 0 Å². The summed E-state index contributed by atoms with van der Waals surface area (Å²) in [6.07, 6.45) is 4.88. The van der Waals surface area contributed by atoms with Crippen LogP contribution in [0.2, 0.25) is 0 Å². The first-order valence-electron chi connectivity index (χ1n) is 5.81. The summed E-state index contributed by atoms with van der Waals surface area (Å²) in [5, 5.41) is 14.4. The molecule has 1 aliphatic rings. The third kappa shape index (κ3) is 3.54. The molecule has 0 amide bonds. The van der Waals surface area contributed by atoms with Crippen molar-refractivity contribution in [3.05, 3.63) is 10.0 Å². The summed E-state index contributed by atoms with van der Waals surface area (Å²) >= 11 is 1.81. The summed E-state index contributed by atoms with van der Waals surface area (Å²) in [6, 6.07) is 0.585. The molecule has 0 aliphatic heterocycles. The van der Waals surface area contributed by atoms with Gasteiger partial charge < -0.3 is 5.32 Å². The second-order valence-electron chi connectivity index (χ2n) is 4.52. The smallest absolute Gasteiger partial charge is 0.120 e. The van der Waals surface area contributed by atoms with E-state index in [9.17, 15) is 0 Å². The molecule has 0 spiro atoms. The van der Waals surface area contributed by atoms with Crippen LogP contribution < -0.4 is 5.32 Å². The van der Waals surface area contributed by atoms with Gasteiger partial charge in [-0.25, -0.2) is 0 Å². The van der Waals surface area contributed by atoms with Crippen molar-refractivity contribution in [2.45, 2.75) is 51.5 Å². The van der Waals surface area contributed by atoms with Gasteiger partial charge in [0, 0.05) is 18.4 Å². The van der Waals surface area contributed by atoms with Crippen molar-refractivity contribution in [3.8, 4) is 0 Å². The molecule has 0 aromatic carbocycles. The number of hydrogen-bond acceptors (Lipinski definition) is 4. The van der Waals surface area contributed by atoms with Crippen molar-refractivity contribution in [1.82, 2.24) is 15.5 Å².